The lowest BCUT2D eigenvalue weighted by Gasteiger charge is -2.10. The Bertz CT molecular complexity index is 1170. The minimum absolute atomic E-state index is 0.224. The Morgan fingerprint density at radius 2 is 1.55 bits per heavy atom. The molecule has 0 radical (unpaired) electrons. The van der Waals surface area contributed by atoms with Crippen molar-refractivity contribution in [3.63, 3.8) is 0 Å². The molecule has 4 aromatic rings. The Morgan fingerprint density at radius 3 is 2.24 bits per heavy atom. The zero-order chi connectivity index (χ0) is 22.9. The van der Waals surface area contributed by atoms with Crippen LogP contribution >= 0.6 is 0 Å². The number of aromatic nitrogens is 2. The maximum absolute atomic E-state index is 13.0. The quantitative estimate of drug-likeness (QED) is 0.362. The van der Waals surface area contributed by atoms with Crippen LogP contribution in [0.15, 0.2) is 91.0 Å². The van der Waals surface area contributed by atoms with Crippen LogP contribution in [-0.2, 0) is 0 Å². The van der Waals surface area contributed by atoms with Crippen LogP contribution in [0.2, 0.25) is 0 Å². The predicted molar refractivity (Wildman–Crippen MR) is 123 cm³/mol. The third-order valence-electron chi connectivity index (χ3n) is 4.51. The Hall–Kier alpha value is -4.46. The van der Waals surface area contributed by atoms with E-state index in [9.17, 15) is 9.18 Å². The number of nitrogens with one attached hydrogen (secondary N) is 2. The maximum atomic E-state index is 13.0. The van der Waals surface area contributed by atoms with Gasteiger partial charge in [0, 0.05) is 17.3 Å². The van der Waals surface area contributed by atoms with Gasteiger partial charge in [0.2, 0.25) is 5.88 Å². The van der Waals surface area contributed by atoms with E-state index < -0.39 is 0 Å². The van der Waals surface area contributed by atoms with Gasteiger partial charge < -0.3 is 20.1 Å². The SMILES string of the molecule is O=C(NCCOc1ccc(-c2ccc(F)cc2)nn1)Nc1ccc(Oc2ccccc2)cc1. The lowest BCUT2D eigenvalue weighted by atomic mass is 10.1. The van der Waals surface area contributed by atoms with Gasteiger partial charge in [-0.3, -0.25) is 0 Å². The molecule has 4 rings (SSSR count). The lowest BCUT2D eigenvalue weighted by molar-refractivity contribution is 0.246. The molecule has 3 aromatic carbocycles. The Balaban J connectivity index is 1.18. The molecule has 2 N–H and O–H groups in total. The Kier molecular flexibility index (Phi) is 7.07. The van der Waals surface area contributed by atoms with Crippen LogP contribution in [0.4, 0.5) is 14.9 Å². The molecule has 0 saturated heterocycles. The minimum Gasteiger partial charge on any atom is -0.475 e. The minimum atomic E-state index is -0.354. The fraction of sp³-hybridized carbons (Fsp3) is 0.0800. The molecule has 1 heterocycles. The molecule has 166 valence electrons. The predicted octanol–water partition coefficient (Wildman–Crippen LogP) is 5.28. The van der Waals surface area contributed by atoms with Crippen LogP contribution in [-0.4, -0.2) is 29.4 Å². The van der Waals surface area contributed by atoms with Crippen LogP contribution < -0.4 is 20.1 Å². The summed E-state index contributed by atoms with van der Waals surface area (Å²) >= 11 is 0. The van der Waals surface area contributed by atoms with Crippen LogP contribution in [0.25, 0.3) is 11.3 Å². The molecule has 0 aliphatic carbocycles. The molecular weight excluding hydrogens is 423 g/mol. The van der Waals surface area contributed by atoms with Gasteiger partial charge >= 0.3 is 6.03 Å². The first-order valence-corrected chi connectivity index (χ1v) is 10.3. The largest absolute Gasteiger partial charge is 0.475 e. The van der Waals surface area contributed by atoms with Crippen molar-refractivity contribution in [1.82, 2.24) is 15.5 Å². The number of nitrogens with zero attached hydrogens (tertiary/aromatic N) is 2. The second-order valence-corrected chi connectivity index (χ2v) is 6.93. The van der Waals surface area contributed by atoms with E-state index in [1.165, 1.54) is 12.1 Å². The van der Waals surface area contributed by atoms with Gasteiger partial charge in [0.25, 0.3) is 0 Å². The molecule has 0 fully saturated rings. The van der Waals surface area contributed by atoms with Crippen LogP contribution in [0.1, 0.15) is 0 Å². The summed E-state index contributed by atoms with van der Waals surface area (Å²) in [6.45, 7) is 0.504. The van der Waals surface area contributed by atoms with Crippen molar-refractivity contribution < 1.29 is 18.7 Å². The fourth-order valence-corrected chi connectivity index (χ4v) is 2.90. The van der Waals surface area contributed by atoms with Crippen molar-refractivity contribution in [2.45, 2.75) is 0 Å². The molecule has 0 atom stereocenters. The van der Waals surface area contributed by atoms with Crippen molar-refractivity contribution in [2.24, 2.45) is 0 Å². The van der Waals surface area contributed by atoms with E-state index in [0.29, 0.717) is 23.0 Å². The van der Waals surface area contributed by atoms with E-state index in [0.717, 1.165) is 11.3 Å². The number of hydrogen-bond donors (Lipinski definition) is 2. The van der Waals surface area contributed by atoms with E-state index in [1.54, 1.807) is 48.5 Å². The van der Waals surface area contributed by atoms with Gasteiger partial charge in [-0.2, -0.15) is 0 Å². The summed E-state index contributed by atoms with van der Waals surface area (Å²) in [6.07, 6.45) is 0. The van der Waals surface area contributed by atoms with Crippen molar-refractivity contribution in [1.29, 1.82) is 0 Å². The van der Waals surface area contributed by atoms with Gasteiger partial charge in [-0.05, 0) is 66.7 Å². The third kappa shape index (κ3) is 6.51. The topological polar surface area (TPSA) is 85.4 Å². The van der Waals surface area contributed by atoms with Crippen molar-refractivity contribution >= 4 is 11.7 Å². The maximum Gasteiger partial charge on any atom is 0.319 e. The standard InChI is InChI=1S/C25H21FN4O3/c26-19-8-6-18(7-9-19)23-14-15-24(30-29-23)32-17-16-27-25(31)28-20-10-12-22(13-11-20)33-21-4-2-1-3-5-21/h1-15H,16-17H2,(H2,27,28,31). The van der Waals surface area contributed by atoms with Crippen LogP contribution in [0.3, 0.4) is 0 Å². The second kappa shape index (κ2) is 10.7. The highest BCUT2D eigenvalue weighted by atomic mass is 19.1. The molecule has 8 heteroatoms. The van der Waals surface area contributed by atoms with Gasteiger partial charge in [-0.1, -0.05) is 18.2 Å². The molecule has 0 saturated carbocycles. The Labute approximate surface area is 190 Å². The highest BCUT2D eigenvalue weighted by Gasteiger charge is 2.05. The first-order valence-electron chi connectivity index (χ1n) is 10.3. The number of carbonyl (C=O) groups is 1. The van der Waals surface area contributed by atoms with Gasteiger partial charge in [0.1, 0.15) is 23.9 Å². The summed E-state index contributed by atoms with van der Waals surface area (Å²) in [7, 11) is 0. The van der Waals surface area contributed by atoms with Crippen LogP contribution in [0.5, 0.6) is 17.4 Å². The van der Waals surface area contributed by atoms with Crippen molar-refractivity contribution in [2.75, 3.05) is 18.5 Å². The van der Waals surface area contributed by atoms with Gasteiger partial charge in [-0.25, -0.2) is 9.18 Å². The second-order valence-electron chi connectivity index (χ2n) is 6.93. The molecule has 0 aliphatic heterocycles. The van der Waals surface area contributed by atoms with E-state index in [2.05, 4.69) is 20.8 Å². The number of amides is 2. The number of rotatable bonds is 8. The first kappa shape index (κ1) is 21.8. The summed E-state index contributed by atoms with van der Waals surface area (Å²) in [5, 5.41) is 13.5. The molecule has 0 bridgehead atoms. The molecule has 0 unspecified atom stereocenters. The summed E-state index contributed by atoms with van der Waals surface area (Å²) in [5.74, 6) is 1.44. The van der Waals surface area contributed by atoms with Crippen molar-refractivity contribution in [3.05, 3.63) is 96.8 Å². The number of halogens is 1. The summed E-state index contributed by atoms with van der Waals surface area (Å²) in [6, 6.07) is 25.6. The van der Waals surface area contributed by atoms with Gasteiger partial charge in [-0.15, -0.1) is 10.2 Å². The highest BCUT2D eigenvalue weighted by molar-refractivity contribution is 5.89. The number of carbonyl (C=O) groups excluding carboxylic acids is 1. The molecule has 2 amide bonds. The molecule has 1 aromatic heterocycles. The van der Waals surface area contributed by atoms with E-state index in [1.807, 2.05) is 30.3 Å². The summed E-state index contributed by atoms with van der Waals surface area (Å²) < 4.78 is 24.2. The Morgan fingerprint density at radius 1 is 0.818 bits per heavy atom. The van der Waals surface area contributed by atoms with E-state index >= 15 is 0 Å². The van der Waals surface area contributed by atoms with Crippen LogP contribution in [0, 0.1) is 5.82 Å². The number of ether oxygens (including phenoxy) is 2. The van der Waals surface area contributed by atoms with Gasteiger partial charge in [0.15, 0.2) is 0 Å². The number of urea groups is 1. The van der Waals surface area contributed by atoms with Gasteiger partial charge in [0.05, 0.1) is 12.2 Å². The lowest BCUT2D eigenvalue weighted by Crippen LogP contribution is -2.32. The number of anilines is 1. The normalized spacial score (nSPS) is 10.3. The summed E-state index contributed by atoms with van der Waals surface area (Å²) in [4.78, 5) is 12.1. The van der Waals surface area contributed by atoms with E-state index in [4.69, 9.17) is 9.47 Å². The average Bonchev–Trinajstić information content (AvgIpc) is 2.85. The average molecular weight is 444 g/mol. The molecule has 7 nitrogen and oxygen atoms in total. The van der Waals surface area contributed by atoms with Crippen molar-refractivity contribution in [3.8, 4) is 28.6 Å². The molecule has 33 heavy (non-hydrogen) atoms. The van der Waals surface area contributed by atoms with E-state index in [-0.39, 0.29) is 25.0 Å². The monoisotopic (exact) mass is 444 g/mol. The fourth-order valence-electron chi connectivity index (χ4n) is 2.90. The molecule has 0 aliphatic rings. The first-order chi connectivity index (χ1) is 16.2. The zero-order valence-corrected chi connectivity index (χ0v) is 17.6. The molecule has 0 spiro atoms. The smallest absolute Gasteiger partial charge is 0.319 e. The third-order valence-corrected chi connectivity index (χ3v) is 4.51. The number of para-hydroxylation sites is 1. The number of benzene rings is 3. The summed E-state index contributed by atoms with van der Waals surface area (Å²) in [5.41, 5.74) is 2.00. The zero-order valence-electron chi connectivity index (χ0n) is 17.6. The number of hydrogen-bond acceptors (Lipinski definition) is 5. The highest BCUT2D eigenvalue weighted by Crippen LogP contribution is 2.22. The molecular formula is C25H21FN4O3.